The van der Waals surface area contributed by atoms with Crippen LogP contribution in [-0.4, -0.2) is 179 Å². The van der Waals surface area contributed by atoms with Crippen LogP contribution in [0.25, 0.3) is 0 Å². The number of ether oxygens (including phenoxy) is 6. The summed E-state index contributed by atoms with van der Waals surface area (Å²) in [6.07, 6.45) is 7.89. The molecule has 24 heteroatoms. The number of rotatable bonds is 26. The quantitative estimate of drug-likeness (QED) is 0.0267. The van der Waals surface area contributed by atoms with Gasteiger partial charge in [-0.1, -0.05) is 24.3 Å². The average Bonchev–Trinajstić information content (AvgIpc) is 4.11. The van der Waals surface area contributed by atoms with E-state index in [1.54, 1.807) is 79.7 Å². The van der Waals surface area contributed by atoms with E-state index in [1.807, 2.05) is 0 Å². The average molecular weight is 1100 g/mol. The molecule has 0 aromatic heterocycles. The molecule has 5 amide bonds. The number of hydrogen-bond acceptors (Lipinski definition) is 17. The van der Waals surface area contributed by atoms with Gasteiger partial charge >= 0.3 is 30.1 Å². The summed E-state index contributed by atoms with van der Waals surface area (Å²) in [5, 5.41) is 41.9. The van der Waals surface area contributed by atoms with E-state index in [1.165, 1.54) is 4.90 Å². The number of β-amino-alcohol motifs (C(OH)–C–C–N with tert-alkyl or cyclic N) is 2. The van der Waals surface area contributed by atoms with Crippen LogP contribution >= 0.6 is 12.4 Å². The number of halogens is 1. The van der Waals surface area contributed by atoms with Crippen LogP contribution < -0.4 is 26.6 Å². The summed E-state index contributed by atoms with van der Waals surface area (Å²) in [7, 11) is 0. The van der Waals surface area contributed by atoms with Gasteiger partial charge in [0.2, 0.25) is 17.7 Å². The molecular formula is C52H85ClN6O17. The van der Waals surface area contributed by atoms with Crippen LogP contribution in [0.4, 0.5) is 9.59 Å². The molecule has 2 aliphatic heterocycles. The number of hydrogen-bond donors (Lipinski definition) is 8. The number of aliphatic carboxylic acids is 1. The Labute approximate surface area is 453 Å². The lowest BCUT2D eigenvalue weighted by Crippen LogP contribution is -2.57. The van der Waals surface area contributed by atoms with E-state index >= 15 is 0 Å². The molecule has 2 aliphatic carbocycles. The zero-order valence-electron chi connectivity index (χ0n) is 45.5. The number of nitrogens with one attached hydrogen (secondary N) is 5. The van der Waals surface area contributed by atoms with Crippen molar-refractivity contribution in [3.05, 3.63) is 50.6 Å². The van der Waals surface area contributed by atoms with E-state index in [2.05, 4.69) is 52.9 Å². The minimum Gasteiger partial charge on any atom is -0.480 e. The minimum atomic E-state index is -1.24. The molecular weight excluding hydrogens is 1020 g/mol. The second kappa shape index (κ2) is 32.2. The van der Waals surface area contributed by atoms with Gasteiger partial charge in [0.1, 0.15) is 34.4 Å². The van der Waals surface area contributed by atoms with E-state index in [-0.39, 0.29) is 69.5 Å². The number of carboxylic acid groups (broad SMARTS) is 1. The molecule has 0 aromatic carbocycles. The Balaban J connectivity index is 0.000000624. The number of aliphatic hydroxyl groups excluding tert-OH is 2. The number of carboxylic acids is 1. The summed E-state index contributed by atoms with van der Waals surface area (Å²) in [5.74, 6) is -3.98. The van der Waals surface area contributed by atoms with Crippen LogP contribution in [0.2, 0.25) is 0 Å². The first-order valence-corrected chi connectivity index (χ1v) is 25.4. The molecule has 432 valence electrons. The Morgan fingerprint density at radius 2 is 1.14 bits per heavy atom. The number of carbonyl (C=O) groups is 8. The van der Waals surface area contributed by atoms with Gasteiger partial charge in [0.05, 0.1) is 44.7 Å². The maximum atomic E-state index is 13.5. The highest BCUT2D eigenvalue weighted by Gasteiger charge is 2.63. The Morgan fingerprint density at radius 1 is 0.697 bits per heavy atom. The summed E-state index contributed by atoms with van der Waals surface area (Å²) in [5.41, 5.74) is -3.65. The molecule has 4 rings (SSSR count). The molecule has 10 atom stereocenters. The minimum absolute atomic E-state index is 0. The molecule has 2 saturated heterocycles. The lowest BCUT2D eigenvalue weighted by atomic mass is 10.1. The maximum absolute atomic E-state index is 13.5. The summed E-state index contributed by atoms with van der Waals surface area (Å²) in [6.45, 7) is 29.4. The highest BCUT2D eigenvalue weighted by molar-refractivity contribution is 5.97. The van der Waals surface area contributed by atoms with Crippen LogP contribution in [0.15, 0.2) is 50.6 Å². The van der Waals surface area contributed by atoms with Crippen LogP contribution in [-0.2, 0) is 57.2 Å². The Bertz CT molecular complexity index is 2000. The van der Waals surface area contributed by atoms with Crippen molar-refractivity contribution in [1.29, 1.82) is 0 Å². The van der Waals surface area contributed by atoms with Gasteiger partial charge in [-0.3, -0.25) is 14.4 Å². The summed E-state index contributed by atoms with van der Waals surface area (Å²) < 4.78 is 31.2. The number of amides is 5. The maximum Gasteiger partial charge on any atom is 0.408 e. The van der Waals surface area contributed by atoms with Crippen molar-refractivity contribution >= 4 is 60.2 Å². The monoisotopic (exact) mass is 1100 g/mol. The first-order valence-electron chi connectivity index (χ1n) is 25.4. The third-order valence-electron chi connectivity index (χ3n) is 11.8. The van der Waals surface area contributed by atoms with Crippen LogP contribution in [0.3, 0.4) is 0 Å². The number of aliphatic hydroxyl groups is 2. The summed E-state index contributed by atoms with van der Waals surface area (Å²) >= 11 is 0. The molecule has 4 aliphatic rings. The van der Waals surface area contributed by atoms with Crippen molar-refractivity contribution in [2.45, 2.75) is 165 Å². The first kappa shape index (κ1) is 68.4. The first-order chi connectivity index (χ1) is 35.2. The number of alkyl carbamates (subject to hydrolysis) is 2. The van der Waals surface area contributed by atoms with Crippen molar-refractivity contribution in [2.75, 3.05) is 52.7 Å². The Kier molecular flexibility index (Phi) is 29.0. The molecule has 4 fully saturated rings. The van der Waals surface area contributed by atoms with E-state index in [0.29, 0.717) is 45.4 Å². The highest BCUT2D eigenvalue weighted by Crippen LogP contribution is 2.46. The fraction of sp³-hybridized carbons (Fsp3) is 0.692. The van der Waals surface area contributed by atoms with Crippen LogP contribution in [0, 0.1) is 11.8 Å². The second-order valence-electron chi connectivity index (χ2n) is 20.4. The Morgan fingerprint density at radius 3 is 1.53 bits per heavy atom. The number of unbranched alkanes of at least 4 members (excludes halogenated alkanes) is 2. The molecule has 8 N–H and O–H groups in total. The van der Waals surface area contributed by atoms with Gasteiger partial charge in [0.15, 0.2) is 6.04 Å². The number of nitrogens with zero attached hydrogens (tertiary/aromatic N) is 1. The van der Waals surface area contributed by atoms with Crippen molar-refractivity contribution in [1.82, 2.24) is 31.5 Å². The standard InChI is InChI=1S/C26H41N3O8.C13H20N2O4.C13H23NO5.ClH/c1-7-10-11-12-35-16-19(27-24(34)37-25(4,5)6)22(32)29-15-18(30)13-20(29)21(31)28-26(14-17(26)8-2)23(33)36-9-3;1-3-8-6-13(8,12(18)19-4-2)15-11(17)10-5-9(16)7-14-10;1-5-6-7-8-18-9-10(11(15)16)14-12(17)19-13(2,3)4;/h7-8,17-20,30H,1-2,9-16H2,3-6H3,(H,27,34)(H,28,31);3,8-10,14,16H,1,4-7H2,2H3,(H,15,17);5,10H,1,6-9H2,2-4H3,(H,14,17)(H,15,16);1H/t17-,18-,19+,20+,26-;8-,9-,10?,13-;10-;/m110./s1. The third kappa shape index (κ3) is 22.6. The highest BCUT2D eigenvalue weighted by atomic mass is 35.5. The van der Waals surface area contributed by atoms with Gasteiger partial charge in [-0.05, 0) is 100 Å². The smallest absolute Gasteiger partial charge is 0.408 e. The fourth-order valence-corrected chi connectivity index (χ4v) is 7.87. The molecule has 0 spiro atoms. The molecule has 0 aromatic rings. The van der Waals surface area contributed by atoms with Gasteiger partial charge in [-0.2, -0.15) is 0 Å². The zero-order chi connectivity index (χ0) is 56.7. The van der Waals surface area contributed by atoms with Gasteiger partial charge in [0.25, 0.3) is 0 Å². The Hall–Kier alpha value is -5.59. The predicted octanol–water partition coefficient (Wildman–Crippen LogP) is 3.15. The van der Waals surface area contributed by atoms with E-state index in [9.17, 15) is 48.6 Å². The largest absolute Gasteiger partial charge is 0.480 e. The van der Waals surface area contributed by atoms with Gasteiger partial charge in [-0.15, -0.1) is 38.7 Å². The number of likely N-dealkylation sites (tertiary alicyclic amines) is 1. The second-order valence-corrected chi connectivity index (χ2v) is 20.4. The lowest BCUT2D eigenvalue weighted by Gasteiger charge is -2.30. The normalized spacial score (nSPS) is 24.7. The molecule has 0 bridgehead atoms. The van der Waals surface area contributed by atoms with Gasteiger partial charge in [0, 0.05) is 44.6 Å². The van der Waals surface area contributed by atoms with Gasteiger partial charge < -0.3 is 75.2 Å². The molecule has 23 nitrogen and oxygen atoms in total. The number of allylic oxidation sites excluding steroid dienone is 2. The zero-order valence-corrected chi connectivity index (χ0v) is 46.3. The van der Waals surface area contributed by atoms with Crippen molar-refractivity contribution < 1.29 is 82.1 Å². The predicted molar refractivity (Wildman–Crippen MR) is 282 cm³/mol. The van der Waals surface area contributed by atoms with Crippen LogP contribution in [0.1, 0.15) is 107 Å². The summed E-state index contributed by atoms with van der Waals surface area (Å²) in [6, 6.07) is -3.77. The lowest BCUT2D eigenvalue weighted by molar-refractivity contribution is -0.150. The molecule has 0 radical (unpaired) electrons. The van der Waals surface area contributed by atoms with Gasteiger partial charge in [-0.25, -0.2) is 24.0 Å². The van der Waals surface area contributed by atoms with E-state index in [4.69, 9.17) is 33.5 Å². The van der Waals surface area contributed by atoms with Crippen molar-refractivity contribution in [2.24, 2.45) is 11.8 Å². The van der Waals surface area contributed by atoms with Crippen molar-refractivity contribution in [3.8, 4) is 0 Å². The molecule has 76 heavy (non-hydrogen) atoms. The third-order valence-corrected chi connectivity index (χ3v) is 11.8. The fourth-order valence-electron chi connectivity index (χ4n) is 7.87. The van der Waals surface area contributed by atoms with E-state index in [0.717, 1.165) is 19.3 Å². The molecule has 2 saturated carbocycles. The number of esters is 2. The molecule has 1 unspecified atom stereocenters. The summed E-state index contributed by atoms with van der Waals surface area (Å²) in [4.78, 5) is 99.5. The van der Waals surface area contributed by atoms with Crippen LogP contribution in [0.5, 0.6) is 0 Å². The topological polar surface area (TPSA) is 316 Å². The van der Waals surface area contributed by atoms with Crippen molar-refractivity contribution in [3.63, 3.8) is 0 Å². The van der Waals surface area contributed by atoms with E-state index < -0.39 is 101 Å². The SMILES string of the molecule is C=CCCCOC[C@H](NC(=O)OC(C)(C)C)C(=O)N1C[C@H](O)C[C@H]1C(=O)N[C@]1(C(=O)OCC)C[C@H]1C=C.C=CCCCOC[C@H](NC(=O)OC(C)(C)C)C(=O)O.C=C[C@@H]1C[C@]1(NC(=O)C1C[C@@H](O)CN1)C(=O)OCC.Cl. The number of carbonyl (C=O) groups excluding carboxylic acids is 7. The molecule has 2 heterocycles.